The summed E-state index contributed by atoms with van der Waals surface area (Å²) in [6.07, 6.45) is -0.340. The number of rotatable bonds is 6. The van der Waals surface area contributed by atoms with Crippen molar-refractivity contribution in [3.8, 4) is 5.75 Å². The van der Waals surface area contributed by atoms with Crippen LogP contribution >= 0.6 is 0 Å². The van der Waals surface area contributed by atoms with Gasteiger partial charge in [-0.1, -0.05) is 6.07 Å². The smallest absolute Gasteiger partial charge is 0.416 e. The largest absolute Gasteiger partial charge is 0.490 e. The number of piperidine rings is 1. The van der Waals surface area contributed by atoms with Crippen LogP contribution in [-0.2, 0) is 6.18 Å². The first-order chi connectivity index (χ1) is 19.0. The first kappa shape index (κ1) is 27.2. The first-order valence-corrected chi connectivity index (χ1v) is 12.8. The van der Waals surface area contributed by atoms with Crippen LogP contribution in [0.25, 0.3) is 11.0 Å². The number of halogens is 3. The van der Waals surface area contributed by atoms with Gasteiger partial charge < -0.3 is 25.3 Å². The van der Waals surface area contributed by atoms with Crippen LogP contribution in [0.15, 0.2) is 60.9 Å². The van der Waals surface area contributed by atoms with Gasteiger partial charge in [-0.05, 0) is 74.8 Å². The summed E-state index contributed by atoms with van der Waals surface area (Å²) in [5.74, 6) is -1.13. The summed E-state index contributed by atoms with van der Waals surface area (Å²) < 4.78 is 46.8. The number of fused-ring (bicyclic) bond motifs is 1. The highest BCUT2D eigenvalue weighted by molar-refractivity contribution is 6.07. The molecule has 3 heterocycles. The number of carbonyl (C=O) groups is 2. The average Bonchev–Trinajstić information content (AvgIpc) is 3.39. The van der Waals surface area contributed by atoms with Crippen molar-refractivity contribution in [2.24, 2.45) is 0 Å². The van der Waals surface area contributed by atoms with E-state index in [-0.39, 0.29) is 17.4 Å². The van der Waals surface area contributed by atoms with E-state index in [1.54, 1.807) is 43.5 Å². The Kier molecular flexibility index (Phi) is 7.49. The number of nitrogens with one attached hydrogen (secondary N) is 3. The second-order valence-electron chi connectivity index (χ2n) is 9.94. The standard InChI is InChI=1S/C29H28F3N5O3/c1-17-3-4-22(15-25(17)36-28(39)20-11-18-5-8-33-26(18)34-16-20)35-27(38)19-12-21(29(30,31)32)14-24(13-19)40-23-6-9-37(2)10-7-23/h3-5,8,11-16,23H,6-7,9-10H2,1-2H3,(H,33,34)(H,35,38)(H,36,39). The zero-order chi connectivity index (χ0) is 28.4. The quantitative estimate of drug-likeness (QED) is 0.279. The normalized spacial score (nSPS) is 14.7. The number of aryl methyl sites for hydroxylation is 1. The fourth-order valence-electron chi connectivity index (χ4n) is 4.55. The zero-order valence-corrected chi connectivity index (χ0v) is 21.9. The Morgan fingerprint density at radius 3 is 2.50 bits per heavy atom. The molecule has 2 aromatic heterocycles. The van der Waals surface area contributed by atoms with Gasteiger partial charge in [0.05, 0.1) is 11.1 Å². The predicted molar refractivity (Wildman–Crippen MR) is 146 cm³/mol. The number of hydrogen-bond acceptors (Lipinski definition) is 5. The Bertz CT molecular complexity index is 1560. The number of anilines is 2. The summed E-state index contributed by atoms with van der Waals surface area (Å²) in [7, 11) is 1.98. The molecule has 208 valence electrons. The fraction of sp³-hybridized carbons (Fsp3) is 0.276. The molecule has 11 heteroatoms. The molecule has 0 radical (unpaired) electrons. The van der Waals surface area contributed by atoms with Crippen LogP contribution in [0.2, 0.25) is 0 Å². The fourth-order valence-corrected chi connectivity index (χ4v) is 4.55. The highest BCUT2D eigenvalue weighted by Gasteiger charge is 2.32. The van der Waals surface area contributed by atoms with Crippen LogP contribution in [0, 0.1) is 6.92 Å². The van der Waals surface area contributed by atoms with Gasteiger partial charge in [0.2, 0.25) is 0 Å². The number of benzene rings is 2. The second-order valence-corrected chi connectivity index (χ2v) is 9.94. The number of alkyl halides is 3. The third kappa shape index (κ3) is 6.26. The number of H-pyrrole nitrogens is 1. The Morgan fingerprint density at radius 1 is 1.00 bits per heavy atom. The van der Waals surface area contributed by atoms with Gasteiger partial charge in [0, 0.05) is 47.8 Å². The molecule has 2 aromatic carbocycles. The molecule has 4 aromatic rings. The third-order valence-electron chi connectivity index (χ3n) is 6.87. The molecule has 1 saturated heterocycles. The van der Waals surface area contributed by atoms with Gasteiger partial charge in [-0.15, -0.1) is 0 Å². The van der Waals surface area contributed by atoms with Crippen molar-refractivity contribution in [1.29, 1.82) is 0 Å². The molecule has 40 heavy (non-hydrogen) atoms. The predicted octanol–water partition coefficient (Wildman–Crippen LogP) is 5.87. The van der Waals surface area contributed by atoms with Gasteiger partial charge in [0.1, 0.15) is 17.5 Å². The number of carbonyl (C=O) groups excluding carboxylic acids is 2. The van der Waals surface area contributed by atoms with E-state index in [9.17, 15) is 22.8 Å². The van der Waals surface area contributed by atoms with E-state index in [0.29, 0.717) is 35.4 Å². The van der Waals surface area contributed by atoms with Gasteiger partial charge in [0.25, 0.3) is 11.8 Å². The molecular weight excluding hydrogens is 523 g/mol. The number of amides is 2. The van der Waals surface area contributed by atoms with Crippen LogP contribution in [0.3, 0.4) is 0 Å². The van der Waals surface area contributed by atoms with E-state index in [4.69, 9.17) is 4.74 Å². The van der Waals surface area contributed by atoms with Crippen LogP contribution in [-0.4, -0.2) is 52.9 Å². The third-order valence-corrected chi connectivity index (χ3v) is 6.87. The first-order valence-electron chi connectivity index (χ1n) is 12.8. The molecule has 0 unspecified atom stereocenters. The molecule has 1 fully saturated rings. The number of hydrogen-bond donors (Lipinski definition) is 3. The van der Waals surface area contributed by atoms with E-state index in [1.165, 1.54) is 12.3 Å². The summed E-state index contributed by atoms with van der Waals surface area (Å²) in [4.78, 5) is 35.3. The van der Waals surface area contributed by atoms with Crippen molar-refractivity contribution in [2.75, 3.05) is 30.8 Å². The van der Waals surface area contributed by atoms with Crippen molar-refractivity contribution < 1.29 is 27.5 Å². The maximum Gasteiger partial charge on any atom is 0.416 e. The summed E-state index contributed by atoms with van der Waals surface area (Å²) in [6, 6.07) is 11.4. The lowest BCUT2D eigenvalue weighted by Crippen LogP contribution is -2.35. The summed E-state index contributed by atoms with van der Waals surface area (Å²) >= 11 is 0. The van der Waals surface area contributed by atoms with Gasteiger partial charge >= 0.3 is 6.18 Å². The molecule has 0 spiro atoms. The Labute approximate surface area is 228 Å². The molecule has 5 rings (SSSR count). The Hall–Kier alpha value is -4.38. The van der Waals surface area contributed by atoms with Crippen molar-refractivity contribution >= 4 is 34.2 Å². The lowest BCUT2D eigenvalue weighted by molar-refractivity contribution is -0.137. The number of likely N-dealkylation sites (tertiary alicyclic amines) is 1. The van der Waals surface area contributed by atoms with E-state index in [0.717, 1.165) is 36.2 Å². The average molecular weight is 552 g/mol. The molecule has 1 aliphatic rings. The molecule has 0 saturated carbocycles. The van der Waals surface area contributed by atoms with Crippen molar-refractivity contribution in [1.82, 2.24) is 14.9 Å². The molecular formula is C29H28F3N5O3. The Balaban J connectivity index is 1.34. The van der Waals surface area contributed by atoms with Gasteiger partial charge in [-0.2, -0.15) is 13.2 Å². The van der Waals surface area contributed by atoms with Gasteiger partial charge in [0.15, 0.2) is 0 Å². The number of ether oxygens (including phenoxy) is 1. The van der Waals surface area contributed by atoms with Crippen molar-refractivity contribution in [3.63, 3.8) is 0 Å². The van der Waals surface area contributed by atoms with Crippen LogP contribution in [0.1, 0.15) is 44.7 Å². The van der Waals surface area contributed by atoms with E-state index >= 15 is 0 Å². The van der Waals surface area contributed by atoms with Crippen molar-refractivity contribution in [3.05, 3.63) is 83.2 Å². The Morgan fingerprint density at radius 2 is 1.75 bits per heavy atom. The lowest BCUT2D eigenvalue weighted by Gasteiger charge is -2.29. The minimum atomic E-state index is -4.65. The maximum absolute atomic E-state index is 13.7. The van der Waals surface area contributed by atoms with Crippen molar-refractivity contribution in [2.45, 2.75) is 32.0 Å². The molecule has 0 bridgehead atoms. The maximum atomic E-state index is 13.7. The molecule has 1 aliphatic heterocycles. The van der Waals surface area contributed by atoms with E-state index in [1.807, 2.05) is 7.05 Å². The number of aromatic nitrogens is 2. The SMILES string of the molecule is Cc1ccc(NC(=O)c2cc(OC3CCN(C)CC3)cc(C(F)(F)F)c2)cc1NC(=O)c1cnc2[nH]ccc2c1. The summed E-state index contributed by atoms with van der Waals surface area (Å²) in [5, 5.41) is 6.23. The van der Waals surface area contributed by atoms with Crippen LogP contribution < -0.4 is 15.4 Å². The van der Waals surface area contributed by atoms with Gasteiger partial charge in [-0.25, -0.2) is 4.98 Å². The monoisotopic (exact) mass is 551 g/mol. The van der Waals surface area contributed by atoms with E-state index < -0.39 is 23.6 Å². The van der Waals surface area contributed by atoms with E-state index in [2.05, 4.69) is 25.5 Å². The summed E-state index contributed by atoms with van der Waals surface area (Å²) in [5.41, 5.74) is 1.33. The molecule has 8 nitrogen and oxygen atoms in total. The minimum absolute atomic E-state index is 0.000567. The number of nitrogens with zero attached hydrogens (tertiary/aromatic N) is 2. The molecule has 0 aliphatic carbocycles. The molecule has 2 amide bonds. The molecule has 0 atom stereocenters. The highest BCUT2D eigenvalue weighted by atomic mass is 19.4. The topological polar surface area (TPSA) is 99.3 Å². The number of pyridine rings is 1. The van der Waals surface area contributed by atoms with Crippen LogP contribution in [0.5, 0.6) is 5.75 Å². The highest BCUT2D eigenvalue weighted by Crippen LogP contribution is 2.34. The zero-order valence-electron chi connectivity index (χ0n) is 21.9. The second kappa shape index (κ2) is 11.0. The minimum Gasteiger partial charge on any atom is -0.490 e. The van der Waals surface area contributed by atoms with Crippen LogP contribution in [0.4, 0.5) is 24.5 Å². The summed E-state index contributed by atoms with van der Waals surface area (Å²) in [6.45, 7) is 3.34. The molecule has 3 N–H and O–H groups in total. The number of aromatic amines is 1. The van der Waals surface area contributed by atoms with Gasteiger partial charge in [-0.3, -0.25) is 9.59 Å². The lowest BCUT2D eigenvalue weighted by atomic mass is 10.1.